The van der Waals surface area contributed by atoms with Crippen molar-refractivity contribution in [3.05, 3.63) is 82.4 Å². The number of aliphatic hydroxyl groups is 1. The lowest BCUT2D eigenvalue weighted by atomic mass is 9.99. The number of hydrogen-bond acceptors (Lipinski definition) is 5. The lowest BCUT2D eigenvalue weighted by Crippen LogP contribution is -2.29. The molecule has 0 aromatic heterocycles. The molecule has 0 saturated carbocycles. The minimum Gasteiger partial charge on any atom is -0.481 e. The number of aliphatic carboxylic acids is 1. The molecule has 0 saturated heterocycles. The van der Waals surface area contributed by atoms with Crippen molar-refractivity contribution in [2.75, 3.05) is 19.8 Å². The topological polar surface area (TPSA) is 111 Å². The van der Waals surface area contributed by atoms with E-state index in [0.717, 1.165) is 12.1 Å². The maximum atomic E-state index is 14.1. The molecule has 0 radical (unpaired) electrons. The van der Waals surface area contributed by atoms with Crippen molar-refractivity contribution in [1.29, 1.82) is 5.26 Å². The fraction of sp³-hybridized carbons (Fsp3) is 0.167. The number of carbonyl (C=O) groups is 1. The van der Waals surface area contributed by atoms with Crippen LogP contribution in [0.2, 0.25) is 5.02 Å². The number of carboxylic acids is 1. The zero-order valence-corrected chi connectivity index (χ0v) is 19.7. The van der Waals surface area contributed by atoms with Crippen LogP contribution in [0.15, 0.2) is 59.5 Å². The second kappa shape index (κ2) is 11.9. The molecule has 35 heavy (non-hydrogen) atoms. The maximum absolute atomic E-state index is 14.1. The van der Waals surface area contributed by atoms with E-state index in [-0.39, 0.29) is 47.2 Å². The summed E-state index contributed by atoms with van der Waals surface area (Å²) in [6.45, 7) is -1.05. The standard InChI is InChI=1S/C24H19ClF2N2O5S/c25-22-11-23(34-14-24(31)32)21(16-7-15(12-28)8-19(27)9-16)10-17(22)13-29(5-6-30)35(33)20-3-1-18(26)2-4-20/h1-4,7-11,30H,5-6,13-14H2,(H,31,32). The minimum atomic E-state index is -1.78. The van der Waals surface area contributed by atoms with Crippen LogP contribution in [-0.4, -0.2) is 44.5 Å². The van der Waals surface area contributed by atoms with E-state index in [9.17, 15) is 28.2 Å². The van der Waals surface area contributed by atoms with Crippen molar-refractivity contribution >= 4 is 28.6 Å². The van der Waals surface area contributed by atoms with E-state index in [4.69, 9.17) is 21.4 Å². The average Bonchev–Trinajstić information content (AvgIpc) is 2.83. The molecule has 0 spiro atoms. The van der Waals surface area contributed by atoms with E-state index in [1.54, 1.807) is 0 Å². The van der Waals surface area contributed by atoms with Gasteiger partial charge in [0.15, 0.2) is 6.61 Å². The number of carboxylic acid groups (broad SMARTS) is 1. The highest BCUT2D eigenvalue weighted by Gasteiger charge is 2.20. The molecule has 0 bridgehead atoms. The molecule has 0 aliphatic carbocycles. The molecule has 1 unspecified atom stereocenters. The monoisotopic (exact) mass is 520 g/mol. The molecule has 11 heteroatoms. The van der Waals surface area contributed by atoms with E-state index in [1.807, 2.05) is 6.07 Å². The molecular weight excluding hydrogens is 502 g/mol. The Kier molecular flexibility index (Phi) is 8.89. The summed E-state index contributed by atoms with van der Waals surface area (Å²) < 4.78 is 47.2. The predicted molar refractivity (Wildman–Crippen MR) is 125 cm³/mol. The molecule has 0 aliphatic heterocycles. The van der Waals surface area contributed by atoms with Gasteiger partial charge in [0.05, 0.1) is 23.1 Å². The third-order valence-electron chi connectivity index (χ3n) is 4.78. The van der Waals surface area contributed by atoms with Crippen molar-refractivity contribution < 1.29 is 32.7 Å². The second-order valence-electron chi connectivity index (χ2n) is 7.25. The van der Waals surface area contributed by atoms with Crippen molar-refractivity contribution in [3.8, 4) is 22.9 Å². The Morgan fingerprint density at radius 2 is 1.83 bits per heavy atom. The zero-order valence-electron chi connectivity index (χ0n) is 18.1. The lowest BCUT2D eigenvalue weighted by molar-refractivity contribution is -0.139. The van der Waals surface area contributed by atoms with E-state index in [2.05, 4.69) is 0 Å². The number of ether oxygens (including phenoxy) is 1. The molecular formula is C24H19ClF2N2O5S. The smallest absolute Gasteiger partial charge is 0.341 e. The first-order valence-electron chi connectivity index (χ1n) is 10.1. The van der Waals surface area contributed by atoms with Crippen molar-refractivity contribution in [3.63, 3.8) is 0 Å². The number of rotatable bonds is 10. The molecule has 3 rings (SSSR count). The Hall–Kier alpha value is -3.36. The van der Waals surface area contributed by atoms with Gasteiger partial charge in [-0.25, -0.2) is 22.1 Å². The van der Waals surface area contributed by atoms with Crippen LogP contribution >= 0.6 is 11.6 Å². The van der Waals surface area contributed by atoms with Crippen LogP contribution in [0.5, 0.6) is 5.75 Å². The van der Waals surface area contributed by atoms with Gasteiger partial charge in [-0.15, -0.1) is 0 Å². The summed E-state index contributed by atoms with van der Waals surface area (Å²) in [5.41, 5.74) is 0.961. The predicted octanol–water partition coefficient (Wildman–Crippen LogP) is 4.14. The highest BCUT2D eigenvalue weighted by atomic mass is 35.5. The van der Waals surface area contributed by atoms with E-state index >= 15 is 0 Å². The Bertz CT molecular complexity index is 1300. The minimum absolute atomic E-state index is 0.00847. The maximum Gasteiger partial charge on any atom is 0.341 e. The highest BCUT2D eigenvalue weighted by molar-refractivity contribution is 7.82. The molecule has 0 aliphatic rings. The molecule has 3 aromatic carbocycles. The van der Waals surface area contributed by atoms with Gasteiger partial charge in [-0.1, -0.05) is 11.6 Å². The van der Waals surface area contributed by atoms with Crippen LogP contribution in [0.1, 0.15) is 11.1 Å². The number of nitrogens with zero attached hydrogens (tertiary/aromatic N) is 2. The number of nitriles is 1. The summed E-state index contributed by atoms with van der Waals surface area (Å²) in [5.74, 6) is -2.36. The first-order valence-corrected chi connectivity index (χ1v) is 11.6. The van der Waals surface area contributed by atoms with Gasteiger partial charge < -0.3 is 14.9 Å². The average molecular weight is 521 g/mol. The summed E-state index contributed by atoms with van der Waals surface area (Å²) >= 11 is 6.42. The fourth-order valence-electron chi connectivity index (χ4n) is 3.24. The molecule has 0 amide bonds. The Morgan fingerprint density at radius 3 is 2.46 bits per heavy atom. The third kappa shape index (κ3) is 6.83. The van der Waals surface area contributed by atoms with E-state index < -0.39 is 35.2 Å². The van der Waals surface area contributed by atoms with Crippen LogP contribution < -0.4 is 4.74 Å². The van der Waals surface area contributed by atoms with Gasteiger partial charge in [-0.3, -0.25) is 0 Å². The summed E-state index contributed by atoms with van der Waals surface area (Å²) in [7, 11) is -1.78. The molecule has 7 nitrogen and oxygen atoms in total. The van der Waals surface area contributed by atoms with Gasteiger partial charge in [-0.2, -0.15) is 5.26 Å². The largest absolute Gasteiger partial charge is 0.481 e. The second-order valence-corrected chi connectivity index (χ2v) is 9.15. The van der Waals surface area contributed by atoms with Crippen LogP contribution in [0.3, 0.4) is 0 Å². The molecule has 1 atom stereocenters. The van der Waals surface area contributed by atoms with Gasteiger partial charge >= 0.3 is 5.97 Å². The number of aliphatic hydroxyl groups excluding tert-OH is 1. The Labute approximate surface area is 207 Å². The zero-order chi connectivity index (χ0) is 25.5. The van der Waals surface area contributed by atoms with Gasteiger partial charge in [0, 0.05) is 23.7 Å². The molecule has 0 heterocycles. The molecule has 0 fully saturated rings. The Morgan fingerprint density at radius 1 is 1.11 bits per heavy atom. The van der Waals surface area contributed by atoms with Crippen LogP contribution in [-0.2, 0) is 22.3 Å². The first kappa shape index (κ1) is 26.2. The third-order valence-corrected chi connectivity index (χ3v) is 6.59. The number of hydrogen-bond donors (Lipinski definition) is 2. The fourth-order valence-corrected chi connectivity index (χ4v) is 4.62. The van der Waals surface area contributed by atoms with Crippen LogP contribution in [0, 0.1) is 23.0 Å². The van der Waals surface area contributed by atoms with Gasteiger partial charge in [0.25, 0.3) is 0 Å². The van der Waals surface area contributed by atoms with Gasteiger partial charge in [-0.05, 0) is 65.7 Å². The summed E-state index contributed by atoms with van der Waals surface area (Å²) in [6.07, 6.45) is 0. The van der Waals surface area contributed by atoms with E-state index in [1.165, 1.54) is 46.8 Å². The quantitative estimate of drug-likeness (QED) is 0.416. The van der Waals surface area contributed by atoms with Gasteiger partial charge in [0.1, 0.15) is 28.4 Å². The van der Waals surface area contributed by atoms with Crippen LogP contribution in [0.4, 0.5) is 8.78 Å². The molecule has 3 aromatic rings. The van der Waals surface area contributed by atoms with Crippen LogP contribution in [0.25, 0.3) is 11.1 Å². The van der Waals surface area contributed by atoms with Crippen molar-refractivity contribution in [2.24, 2.45) is 0 Å². The number of halogens is 3. The summed E-state index contributed by atoms with van der Waals surface area (Å²) in [5, 5.41) is 27.8. The summed E-state index contributed by atoms with van der Waals surface area (Å²) in [4.78, 5) is 11.3. The summed E-state index contributed by atoms with van der Waals surface area (Å²) in [6, 6.07) is 13.4. The van der Waals surface area contributed by atoms with Crippen molar-refractivity contribution in [2.45, 2.75) is 11.4 Å². The van der Waals surface area contributed by atoms with Gasteiger partial charge in [0.2, 0.25) is 0 Å². The molecule has 182 valence electrons. The van der Waals surface area contributed by atoms with Crippen molar-refractivity contribution in [1.82, 2.24) is 4.31 Å². The lowest BCUT2D eigenvalue weighted by Gasteiger charge is -2.22. The van der Waals surface area contributed by atoms with E-state index in [0.29, 0.717) is 10.5 Å². The SMILES string of the molecule is N#Cc1cc(F)cc(-c2cc(CN(CCO)S(=O)c3ccc(F)cc3)c(Cl)cc2OCC(=O)O)c1. The Balaban J connectivity index is 2.05. The highest BCUT2D eigenvalue weighted by Crippen LogP contribution is 2.37. The molecule has 2 N–H and O–H groups in total. The first-order chi connectivity index (χ1) is 16.7. The normalized spacial score (nSPS) is 11.8. The number of benzene rings is 3.